The van der Waals surface area contributed by atoms with Crippen LogP contribution in [0.5, 0.6) is 0 Å². The highest BCUT2D eigenvalue weighted by Gasteiger charge is 2.24. The van der Waals surface area contributed by atoms with Gasteiger partial charge in [0.05, 0.1) is 0 Å². The second-order valence-electron chi connectivity index (χ2n) is 5.91. The molecule has 0 radical (unpaired) electrons. The molecule has 1 saturated carbocycles. The number of hydrogen-bond acceptors (Lipinski definition) is 2. The zero-order valence-corrected chi connectivity index (χ0v) is 13.0. The first-order chi connectivity index (χ1) is 8.77. The average Bonchev–Trinajstić information content (AvgIpc) is 2.34. The molecule has 0 aliphatic heterocycles. The Kier molecular flexibility index (Phi) is 7.40. The van der Waals surface area contributed by atoms with E-state index in [0.29, 0.717) is 5.92 Å². The predicted molar refractivity (Wildman–Crippen MR) is 84.0 cm³/mol. The van der Waals surface area contributed by atoms with Gasteiger partial charge < -0.3 is 4.90 Å². The Hall–Kier alpha value is -0.600. The summed E-state index contributed by atoms with van der Waals surface area (Å²) in [6.45, 7) is 1.21. The largest absolute Gasteiger partial charge is 0.309 e. The molecule has 1 heterocycles. The fraction of sp³-hybridized carbons (Fsp3) is 0.688. The van der Waals surface area contributed by atoms with E-state index in [1.54, 1.807) is 0 Å². The van der Waals surface area contributed by atoms with E-state index in [0.717, 1.165) is 5.92 Å². The normalized spacial score (nSPS) is 24.4. The van der Waals surface area contributed by atoms with Crippen LogP contribution in [0.25, 0.3) is 0 Å². The molecule has 1 aromatic heterocycles. The van der Waals surface area contributed by atoms with Crippen molar-refractivity contribution < 1.29 is 0 Å². The van der Waals surface area contributed by atoms with Crippen LogP contribution in [-0.4, -0.2) is 30.5 Å². The molecule has 2 unspecified atom stereocenters. The van der Waals surface area contributed by atoms with Crippen LogP contribution in [0.4, 0.5) is 0 Å². The van der Waals surface area contributed by atoms with Gasteiger partial charge in [0.2, 0.25) is 0 Å². The van der Waals surface area contributed by atoms with Gasteiger partial charge in [0.25, 0.3) is 0 Å². The van der Waals surface area contributed by atoms with Crippen molar-refractivity contribution in [3.63, 3.8) is 0 Å². The minimum Gasteiger partial charge on any atom is -0.309 e. The molecule has 1 fully saturated rings. The van der Waals surface area contributed by atoms with Crippen molar-refractivity contribution in [2.24, 2.45) is 5.92 Å². The quantitative estimate of drug-likeness (QED) is 0.829. The standard InChI is InChI=1S/C16H26N2.ClH/c1-18(2)13-15-8-5-3-4-6-10-16(15)14-9-7-11-17-12-14;/h7,9,11-12,15-16H,3-6,8,10,13H2,1-2H3;1H. The first-order valence-electron chi connectivity index (χ1n) is 7.32. The number of pyridine rings is 1. The summed E-state index contributed by atoms with van der Waals surface area (Å²) in [5.74, 6) is 1.51. The highest BCUT2D eigenvalue weighted by Crippen LogP contribution is 2.35. The van der Waals surface area contributed by atoms with E-state index in [1.807, 2.05) is 6.20 Å². The van der Waals surface area contributed by atoms with E-state index in [9.17, 15) is 0 Å². The fourth-order valence-corrected chi connectivity index (χ4v) is 3.28. The minimum absolute atomic E-state index is 0. The van der Waals surface area contributed by atoms with E-state index in [2.05, 4.69) is 42.3 Å². The Labute approximate surface area is 124 Å². The first-order valence-corrected chi connectivity index (χ1v) is 7.32. The lowest BCUT2D eigenvalue weighted by molar-refractivity contribution is 0.249. The first kappa shape index (κ1) is 16.5. The van der Waals surface area contributed by atoms with E-state index >= 15 is 0 Å². The van der Waals surface area contributed by atoms with Crippen LogP contribution in [0.1, 0.15) is 50.0 Å². The smallest absolute Gasteiger partial charge is 0.0302 e. The molecule has 0 amide bonds. The van der Waals surface area contributed by atoms with Gasteiger partial charge in [-0.25, -0.2) is 0 Å². The third-order valence-corrected chi connectivity index (χ3v) is 4.12. The number of rotatable bonds is 3. The van der Waals surface area contributed by atoms with Crippen molar-refractivity contribution in [3.8, 4) is 0 Å². The summed E-state index contributed by atoms with van der Waals surface area (Å²) >= 11 is 0. The zero-order valence-electron chi connectivity index (χ0n) is 12.2. The summed E-state index contributed by atoms with van der Waals surface area (Å²) in [5.41, 5.74) is 1.45. The third kappa shape index (κ3) is 5.12. The molecule has 1 aliphatic carbocycles. The maximum absolute atomic E-state index is 4.31. The lowest BCUT2D eigenvalue weighted by Crippen LogP contribution is -2.27. The topological polar surface area (TPSA) is 16.1 Å². The molecule has 19 heavy (non-hydrogen) atoms. The molecule has 0 N–H and O–H groups in total. The molecule has 2 nitrogen and oxygen atoms in total. The fourth-order valence-electron chi connectivity index (χ4n) is 3.28. The van der Waals surface area contributed by atoms with Crippen LogP contribution < -0.4 is 0 Å². The molecule has 108 valence electrons. The van der Waals surface area contributed by atoms with Crippen LogP contribution in [-0.2, 0) is 0 Å². The number of aromatic nitrogens is 1. The van der Waals surface area contributed by atoms with Gasteiger partial charge in [-0.15, -0.1) is 12.4 Å². The maximum Gasteiger partial charge on any atom is 0.0302 e. The summed E-state index contributed by atoms with van der Waals surface area (Å²) in [4.78, 5) is 6.66. The van der Waals surface area contributed by atoms with Crippen LogP contribution in [0.3, 0.4) is 0 Å². The molecule has 0 aromatic carbocycles. The van der Waals surface area contributed by atoms with E-state index in [-0.39, 0.29) is 12.4 Å². The maximum atomic E-state index is 4.31. The molecule has 2 atom stereocenters. The second kappa shape index (κ2) is 8.55. The monoisotopic (exact) mass is 282 g/mol. The minimum atomic E-state index is 0. The van der Waals surface area contributed by atoms with Gasteiger partial charge in [0.15, 0.2) is 0 Å². The summed E-state index contributed by atoms with van der Waals surface area (Å²) in [5, 5.41) is 0. The molecule has 2 rings (SSSR count). The molecular weight excluding hydrogens is 256 g/mol. The van der Waals surface area contributed by atoms with Crippen LogP contribution >= 0.6 is 12.4 Å². The van der Waals surface area contributed by atoms with Gasteiger partial charge in [-0.05, 0) is 50.4 Å². The van der Waals surface area contributed by atoms with E-state index < -0.39 is 0 Å². The Bertz CT molecular complexity index is 340. The van der Waals surface area contributed by atoms with Crippen molar-refractivity contribution in [3.05, 3.63) is 30.1 Å². The molecule has 3 heteroatoms. The van der Waals surface area contributed by atoms with Crippen LogP contribution in [0, 0.1) is 5.92 Å². The van der Waals surface area contributed by atoms with Crippen molar-refractivity contribution in [2.75, 3.05) is 20.6 Å². The summed E-state index contributed by atoms with van der Waals surface area (Å²) in [7, 11) is 4.39. The third-order valence-electron chi connectivity index (χ3n) is 4.12. The summed E-state index contributed by atoms with van der Waals surface area (Å²) in [6, 6.07) is 4.35. The number of hydrogen-bond donors (Lipinski definition) is 0. The van der Waals surface area contributed by atoms with Gasteiger partial charge in [-0.2, -0.15) is 0 Å². The van der Waals surface area contributed by atoms with Crippen LogP contribution in [0.2, 0.25) is 0 Å². The summed E-state index contributed by atoms with van der Waals surface area (Å²) < 4.78 is 0. The zero-order chi connectivity index (χ0) is 12.8. The molecule has 0 saturated heterocycles. The highest BCUT2D eigenvalue weighted by molar-refractivity contribution is 5.85. The van der Waals surface area contributed by atoms with Crippen molar-refractivity contribution in [1.29, 1.82) is 0 Å². The van der Waals surface area contributed by atoms with Gasteiger partial charge >= 0.3 is 0 Å². The molecule has 1 aliphatic rings. The molecule has 0 spiro atoms. The van der Waals surface area contributed by atoms with Gasteiger partial charge in [0.1, 0.15) is 0 Å². The van der Waals surface area contributed by atoms with E-state index in [4.69, 9.17) is 0 Å². The lowest BCUT2D eigenvalue weighted by atomic mass is 9.78. The van der Waals surface area contributed by atoms with Crippen molar-refractivity contribution in [1.82, 2.24) is 9.88 Å². The van der Waals surface area contributed by atoms with Crippen molar-refractivity contribution in [2.45, 2.75) is 44.4 Å². The molecular formula is C16H27ClN2. The number of halogens is 1. The highest BCUT2D eigenvalue weighted by atomic mass is 35.5. The number of nitrogens with zero attached hydrogens (tertiary/aromatic N) is 2. The van der Waals surface area contributed by atoms with Crippen molar-refractivity contribution >= 4 is 12.4 Å². The lowest BCUT2D eigenvalue weighted by Gasteiger charge is -2.31. The summed E-state index contributed by atoms with van der Waals surface area (Å²) in [6.07, 6.45) is 12.3. The second-order valence-corrected chi connectivity index (χ2v) is 5.91. The Balaban J connectivity index is 0.00000180. The van der Waals surface area contributed by atoms with Gasteiger partial charge in [-0.3, -0.25) is 4.98 Å². The average molecular weight is 283 g/mol. The van der Waals surface area contributed by atoms with E-state index in [1.165, 1.54) is 50.6 Å². The Morgan fingerprint density at radius 3 is 2.53 bits per heavy atom. The SMILES string of the molecule is CN(C)CC1CCCCCCC1c1cccnc1.Cl. The Morgan fingerprint density at radius 1 is 1.16 bits per heavy atom. The van der Waals surface area contributed by atoms with Gasteiger partial charge in [0, 0.05) is 18.9 Å². The van der Waals surface area contributed by atoms with Crippen LogP contribution in [0.15, 0.2) is 24.5 Å². The Morgan fingerprint density at radius 2 is 1.89 bits per heavy atom. The molecule has 1 aromatic rings. The van der Waals surface area contributed by atoms with Gasteiger partial charge in [-0.1, -0.05) is 31.7 Å². The predicted octanol–water partition coefficient (Wildman–Crippen LogP) is 4.12. The molecule has 0 bridgehead atoms.